The van der Waals surface area contributed by atoms with Crippen LogP contribution in [0, 0.1) is 0 Å². The van der Waals surface area contributed by atoms with Crippen LogP contribution >= 0.6 is 0 Å². The van der Waals surface area contributed by atoms with Gasteiger partial charge < -0.3 is 5.32 Å². The van der Waals surface area contributed by atoms with Crippen molar-refractivity contribution in [3.8, 4) is 11.1 Å². The molecule has 0 radical (unpaired) electrons. The fourth-order valence-corrected chi connectivity index (χ4v) is 3.54. The predicted octanol–water partition coefficient (Wildman–Crippen LogP) is 7.39. The largest absolute Gasteiger partial charge is 0.387 e. The fourth-order valence-electron chi connectivity index (χ4n) is 3.54. The molecule has 1 N–H and O–H groups in total. The summed E-state index contributed by atoms with van der Waals surface area (Å²) in [5.74, 6) is 0. The van der Waals surface area contributed by atoms with E-state index in [-0.39, 0.29) is 0 Å². The molecule has 5 rings (SSSR count). The summed E-state index contributed by atoms with van der Waals surface area (Å²) in [5, 5.41) is 8.44. The number of fused-ring (bicyclic) bond motifs is 2. The Labute approximate surface area is 166 Å². The first-order chi connectivity index (χ1) is 13.9. The van der Waals surface area contributed by atoms with Crippen molar-refractivity contribution in [2.24, 2.45) is 0 Å². The van der Waals surface area contributed by atoms with E-state index in [0.29, 0.717) is 0 Å². The van der Waals surface area contributed by atoms with Crippen LogP contribution in [0.25, 0.3) is 32.7 Å². The Hall–Kier alpha value is -3.58. The quantitative estimate of drug-likeness (QED) is 0.323. The molecule has 28 heavy (non-hydrogen) atoms. The molecule has 0 saturated heterocycles. The highest BCUT2D eigenvalue weighted by Crippen LogP contribution is 2.32. The first-order valence-electron chi connectivity index (χ1n) is 9.55. The van der Waals surface area contributed by atoms with E-state index < -0.39 is 0 Å². The lowest BCUT2D eigenvalue weighted by molar-refractivity contribution is 1.57. The second-order valence-electron chi connectivity index (χ2n) is 6.68. The van der Waals surface area contributed by atoms with Crippen molar-refractivity contribution in [3.63, 3.8) is 0 Å². The Kier molecular flexibility index (Phi) is 5.35. The molecule has 0 heterocycles. The molecule has 0 aliphatic carbocycles. The van der Waals surface area contributed by atoms with Gasteiger partial charge in [0.1, 0.15) is 0 Å². The molecule has 5 aromatic carbocycles. The first-order valence-corrected chi connectivity index (χ1v) is 9.55. The Morgan fingerprint density at radius 1 is 0.464 bits per heavy atom. The van der Waals surface area contributed by atoms with E-state index in [0.717, 1.165) is 0 Å². The summed E-state index contributed by atoms with van der Waals surface area (Å²) in [6.45, 7) is 0. The lowest BCUT2D eigenvalue weighted by Gasteiger charge is -2.10. The molecule has 0 unspecified atom stereocenters. The Morgan fingerprint density at radius 2 is 0.857 bits per heavy atom. The van der Waals surface area contributed by atoms with Gasteiger partial charge in [0, 0.05) is 23.5 Å². The minimum Gasteiger partial charge on any atom is -0.387 e. The van der Waals surface area contributed by atoms with Crippen LogP contribution in [-0.2, 0) is 0 Å². The molecule has 0 amide bonds. The van der Waals surface area contributed by atoms with E-state index in [2.05, 4.69) is 108 Å². The van der Waals surface area contributed by atoms with Crippen LogP contribution in [0.1, 0.15) is 0 Å². The molecule has 5 aromatic rings. The third kappa shape index (κ3) is 3.74. The number of anilines is 1. The minimum absolute atomic E-state index is 1.22. The van der Waals surface area contributed by atoms with E-state index in [4.69, 9.17) is 0 Å². The highest BCUT2D eigenvalue weighted by molar-refractivity contribution is 6.10. The fraction of sp³-hybridized carbons (Fsp3) is 0.0370. The van der Waals surface area contributed by atoms with Crippen LogP contribution in [0.2, 0.25) is 0 Å². The SMILES string of the molecule is CNc1c2ccccc2cc2ccccc12.c1ccc(-c2ccccc2)cc1. The Balaban J connectivity index is 0.000000143. The Bertz CT molecular complexity index is 1090. The highest BCUT2D eigenvalue weighted by Gasteiger charge is 2.04. The third-order valence-corrected chi connectivity index (χ3v) is 4.90. The molecule has 0 atom stereocenters. The van der Waals surface area contributed by atoms with Gasteiger partial charge in [-0.25, -0.2) is 0 Å². The molecule has 1 nitrogen and oxygen atoms in total. The normalized spacial score (nSPS) is 10.3. The van der Waals surface area contributed by atoms with Crippen molar-refractivity contribution in [3.05, 3.63) is 115 Å². The molecule has 136 valence electrons. The van der Waals surface area contributed by atoms with Gasteiger partial charge in [0.15, 0.2) is 0 Å². The number of nitrogens with one attached hydrogen (secondary N) is 1. The number of hydrogen-bond donors (Lipinski definition) is 1. The maximum Gasteiger partial charge on any atom is 0.0496 e. The third-order valence-electron chi connectivity index (χ3n) is 4.90. The summed E-state index contributed by atoms with van der Waals surface area (Å²) in [4.78, 5) is 0. The first kappa shape index (κ1) is 17.8. The smallest absolute Gasteiger partial charge is 0.0496 e. The number of hydrogen-bond acceptors (Lipinski definition) is 1. The number of rotatable bonds is 2. The van der Waals surface area contributed by atoms with Gasteiger partial charge in [0.2, 0.25) is 0 Å². The highest BCUT2D eigenvalue weighted by atomic mass is 14.8. The number of benzene rings is 5. The maximum absolute atomic E-state index is 3.31. The average molecular weight is 361 g/mol. The lowest BCUT2D eigenvalue weighted by atomic mass is 10.0. The summed E-state index contributed by atoms with van der Waals surface area (Å²) >= 11 is 0. The van der Waals surface area contributed by atoms with Crippen LogP contribution in [0.3, 0.4) is 0 Å². The van der Waals surface area contributed by atoms with Crippen LogP contribution < -0.4 is 5.32 Å². The molecule has 0 fully saturated rings. The van der Waals surface area contributed by atoms with E-state index >= 15 is 0 Å². The molecule has 0 aliphatic heterocycles. The zero-order valence-electron chi connectivity index (χ0n) is 16.0. The van der Waals surface area contributed by atoms with Crippen molar-refractivity contribution >= 4 is 27.2 Å². The van der Waals surface area contributed by atoms with Crippen molar-refractivity contribution in [2.75, 3.05) is 12.4 Å². The molecular weight excluding hydrogens is 338 g/mol. The second kappa shape index (κ2) is 8.41. The predicted molar refractivity (Wildman–Crippen MR) is 123 cm³/mol. The topological polar surface area (TPSA) is 12.0 Å². The van der Waals surface area contributed by atoms with Crippen LogP contribution in [0.5, 0.6) is 0 Å². The van der Waals surface area contributed by atoms with E-state index in [1.54, 1.807) is 0 Å². The average Bonchev–Trinajstić information content (AvgIpc) is 2.79. The summed E-state index contributed by atoms with van der Waals surface area (Å²) < 4.78 is 0. The Morgan fingerprint density at radius 3 is 1.29 bits per heavy atom. The zero-order chi connectivity index (χ0) is 19.2. The molecule has 0 spiro atoms. The van der Waals surface area contributed by atoms with E-state index in [1.165, 1.54) is 38.4 Å². The standard InChI is InChI=1S/C15H13N.C12H10/c1-16-15-13-8-4-2-6-11(13)10-12-7-3-5-9-14(12)15;1-3-7-11(8-4-1)12-9-5-2-6-10-12/h2-10,16H,1H3;1-10H. The van der Waals surface area contributed by atoms with Gasteiger partial charge in [-0.15, -0.1) is 0 Å². The summed E-state index contributed by atoms with van der Waals surface area (Å²) in [6.07, 6.45) is 0. The summed E-state index contributed by atoms with van der Waals surface area (Å²) in [6, 6.07) is 40.0. The molecule has 1 heteroatoms. The lowest BCUT2D eigenvalue weighted by Crippen LogP contribution is -1.91. The molecular formula is C27H23N. The molecule has 0 saturated carbocycles. The van der Waals surface area contributed by atoms with Crippen LogP contribution in [-0.4, -0.2) is 7.05 Å². The van der Waals surface area contributed by atoms with Gasteiger partial charge >= 0.3 is 0 Å². The van der Waals surface area contributed by atoms with Crippen molar-refractivity contribution < 1.29 is 0 Å². The zero-order valence-corrected chi connectivity index (χ0v) is 16.0. The van der Waals surface area contributed by atoms with Gasteiger partial charge in [-0.1, -0.05) is 109 Å². The van der Waals surface area contributed by atoms with Crippen LogP contribution in [0.4, 0.5) is 5.69 Å². The van der Waals surface area contributed by atoms with Crippen molar-refractivity contribution in [1.82, 2.24) is 0 Å². The maximum atomic E-state index is 3.31. The van der Waals surface area contributed by atoms with Gasteiger partial charge in [0.05, 0.1) is 0 Å². The molecule has 0 aromatic heterocycles. The minimum atomic E-state index is 1.22. The summed E-state index contributed by atoms with van der Waals surface area (Å²) in [5.41, 5.74) is 3.77. The monoisotopic (exact) mass is 361 g/mol. The van der Waals surface area contributed by atoms with Crippen LogP contribution in [0.15, 0.2) is 115 Å². The van der Waals surface area contributed by atoms with Gasteiger partial charge in [0.25, 0.3) is 0 Å². The van der Waals surface area contributed by atoms with Crippen molar-refractivity contribution in [1.29, 1.82) is 0 Å². The van der Waals surface area contributed by atoms with E-state index in [1.807, 2.05) is 19.2 Å². The second-order valence-corrected chi connectivity index (χ2v) is 6.68. The molecule has 0 aliphatic rings. The molecule has 0 bridgehead atoms. The van der Waals surface area contributed by atoms with Crippen molar-refractivity contribution in [2.45, 2.75) is 0 Å². The summed E-state index contributed by atoms with van der Waals surface area (Å²) in [7, 11) is 1.98. The van der Waals surface area contributed by atoms with Gasteiger partial charge in [-0.05, 0) is 28.0 Å². The van der Waals surface area contributed by atoms with Gasteiger partial charge in [-0.3, -0.25) is 0 Å². The van der Waals surface area contributed by atoms with E-state index in [9.17, 15) is 0 Å². The van der Waals surface area contributed by atoms with Gasteiger partial charge in [-0.2, -0.15) is 0 Å².